The summed E-state index contributed by atoms with van der Waals surface area (Å²) in [5.74, 6) is 1.08. The van der Waals surface area contributed by atoms with E-state index >= 15 is 0 Å². The van der Waals surface area contributed by atoms with Crippen LogP contribution in [0.15, 0.2) is 30.9 Å². The fraction of sp³-hybridized carbons (Fsp3) is 0.333. The van der Waals surface area contributed by atoms with Gasteiger partial charge in [-0.25, -0.2) is 24.3 Å². The third-order valence-corrected chi connectivity index (χ3v) is 5.09. The van der Waals surface area contributed by atoms with E-state index in [4.69, 9.17) is 4.98 Å². The largest absolute Gasteiger partial charge is 0.393 e. The predicted octanol–water partition coefficient (Wildman–Crippen LogP) is 2.71. The lowest BCUT2D eigenvalue weighted by molar-refractivity contribution is 0.0488. The van der Waals surface area contributed by atoms with E-state index in [1.54, 1.807) is 12.4 Å². The lowest BCUT2D eigenvalue weighted by atomic mass is 9.89. The van der Waals surface area contributed by atoms with Crippen LogP contribution in [-0.2, 0) is 0 Å². The first-order chi connectivity index (χ1) is 13.1. The second-order valence-electron chi connectivity index (χ2n) is 6.94. The molecule has 138 valence electrons. The van der Waals surface area contributed by atoms with Gasteiger partial charge in [0.05, 0.1) is 29.5 Å². The van der Waals surface area contributed by atoms with E-state index in [1.807, 2.05) is 11.5 Å². The maximum Gasteiger partial charge on any atom is 0.162 e. The Hall–Kier alpha value is -3.07. The number of hydrogen-bond donors (Lipinski definition) is 3. The van der Waals surface area contributed by atoms with E-state index in [9.17, 15) is 9.50 Å². The highest BCUT2D eigenvalue weighted by Gasteiger charge is 2.33. The molecule has 1 aliphatic carbocycles. The van der Waals surface area contributed by atoms with Crippen LogP contribution in [0.2, 0.25) is 0 Å². The van der Waals surface area contributed by atoms with Crippen molar-refractivity contribution in [3.8, 4) is 0 Å². The second-order valence-corrected chi connectivity index (χ2v) is 6.94. The van der Waals surface area contributed by atoms with Crippen molar-refractivity contribution in [1.82, 2.24) is 29.5 Å². The fourth-order valence-corrected chi connectivity index (χ4v) is 3.68. The van der Waals surface area contributed by atoms with Gasteiger partial charge in [-0.2, -0.15) is 0 Å². The first-order valence-electron chi connectivity index (χ1n) is 8.86. The van der Waals surface area contributed by atoms with E-state index < -0.39 is 0 Å². The van der Waals surface area contributed by atoms with Crippen molar-refractivity contribution in [2.75, 3.05) is 5.32 Å². The van der Waals surface area contributed by atoms with Crippen molar-refractivity contribution < 1.29 is 9.50 Å². The number of nitrogens with one attached hydrogen (secondary N) is 2. The van der Waals surface area contributed by atoms with Gasteiger partial charge in [-0.05, 0) is 38.0 Å². The summed E-state index contributed by atoms with van der Waals surface area (Å²) >= 11 is 0. The Labute approximate surface area is 153 Å². The Kier molecular flexibility index (Phi) is 3.57. The van der Waals surface area contributed by atoms with Crippen LogP contribution in [0.3, 0.4) is 0 Å². The highest BCUT2D eigenvalue weighted by Crippen LogP contribution is 2.38. The molecule has 9 heteroatoms. The number of fused-ring (bicyclic) bond motifs is 2. The number of H-pyrrole nitrogens is 1. The van der Waals surface area contributed by atoms with Crippen LogP contribution >= 0.6 is 0 Å². The molecule has 1 aliphatic rings. The molecular weight excluding hydrogens is 349 g/mol. The molecule has 0 radical (unpaired) electrons. The maximum atomic E-state index is 13.8. The number of aliphatic hydroxyl groups is 1. The van der Waals surface area contributed by atoms with Crippen molar-refractivity contribution in [2.24, 2.45) is 0 Å². The summed E-state index contributed by atoms with van der Waals surface area (Å²) in [5.41, 5.74) is 2.77. The molecule has 1 atom stereocenters. The van der Waals surface area contributed by atoms with Crippen LogP contribution in [0, 0.1) is 5.82 Å². The van der Waals surface area contributed by atoms with Crippen LogP contribution in [-0.4, -0.2) is 40.7 Å². The number of aliphatic hydroxyl groups excluding tert-OH is 1. The Morgan fingerprint density at radius 1 is 1.30 bits per heavy atom. The first kappa shape index (κ1) is 16.1. The molecule has 27 heavy (non-hydrogen) atoms. The molecule has 1 aromatic carbocycles. The SMILES string of the molecule is C[C@H](Nc1ncnc2[nH]cnc12)c1nc2ccc(F)cc2n1[C@H]1C[C@H](O)C1. The lowest BCUT2D eigenvalue weighted by Crippen LogP contribution is -2.32. The van der Waals surface area contributed by atoms with E-state index in [-0.39, 0.29) is 24.0 Å². The number of aromatic nitrogens is 6. The summed E-state index contributed by atoms with van der Waals surface area (Å²) in [5, 5.41) is 13.1. The second kappa shape index (κ2) is 5.98. The van der Waals surface area contributed by atoms with Gasteiger partial charge in [0.2, 0.25) is 0 Å². The van der Waals surface area contributed by atoms with Gasteiger partial charge in [0.15, 0.2) is 11.5 Å². The normalized spacial score (nSPS) is 20.7. The van der Waals surface area contributed by atoms with Gasteiger partial charge in [0.1, 0.15) is 23.5 Å². The summed E-state index contributed by atoms with van der Waals surface area (Å²) in [6, 6.07) is 4.49. The summed E-state index contributed by atoms with van der Waals surface area (Å²) in [6.45, 7) is 1.98. The lowest BCUT2D eigenvalue weighted by Gasteiger charge is -2.34. The van der Waals surface area contributed by atoms with Crippen LogP contribution < -0.4 is 5.32 Å². The predicted molar refractivity (Wildman–Crippen MR) is 97.7 cm³/mol. The molecule has 8 nitrogen and oxygen atoms in total. The number of benzene rings is 1. The van der Waals surface area contributed by atoms with Gasteiger partial charge >= 0.3 is 0 Å². The molecule has 3 aromatic heterocycles. The Balaban J connectivity index is 1.57. The molecule has 5 rings (SSSR count). The topological polar surface area (TPSA) is 105 Å². The van der Waals surface area contributed by atoms with E-state index in [0.717, 1.165) is 16.9 Å². The fourth-order valence-electron chi connectivity index (χ4n) is 3.68. The van der Waals surface area contributed by atoms with Crippen LogP contribution in [0.5, 0.6) is 0 Å². The number of nitrogens with zero attached hydrogens (tertiary/aromatic N) is 5. The van der Waals surface area contributed by atoms with Crippen LogP contribution in [0.1, 0.15) is 37.7 Å². The quantitative estimate of drug-likeness (QED) is 0.512. The third kappa shape index (κ3) is 2.62. The number of rotatable bonds is 4. The molecular formula is C18H18FN7O. The molecule has 0 aliphatic heterocycles. The maximum absolute atomic E-state index is 13.8. The molecule has 1 saturated carbocycles. The zero-order valence-electron chi connectivity index (χ0n) is 14.6. The van der Waals surface area contributed by atoms with E-state index in [1.165, 1.54) is 18.5 Å². The standard InChI is InChI=1S/C18H18FN7O/c1-9(24-17-15-16(21-7-20-15)22-8-23-17)18-25-13-3-2-10(19)4-14(13)26(18)11-5-12(27)6-11/h2-4,7-9,11-12,27H,5-6H2,1H3,(H2,20,21,22,23,24)/t9-,11-,12-/m0/s1. The summed E-state index contributed by atoms with van der Waals surface area (Å²) < 4.78 is 15.9. The Morgan fingerprint density at radius 3 is 2.96 bits per heavy atom. The highest BCUT2D eigenvalue weighted by molar-refractivity contribution is 5.82. The van der Waals surface area contributed by atoms with E-state index in [2.05, 4.69) is 25.3 Å². The molecule has 0 amide bonds. The summed E-state index contributed by atoms with van der Waals surface area (Å²) in [6.07, 6.45) is 4.00. The van der Waals surface area contributed by atoms with Crippen molar-refractivity contribution >= 4 is 28.0 Å². The highest BCUT2D eigenvalue weighted by atomic mass is 19.1. The molecule has 0 bridgehead atoms. The molecule has 1 fully saturated rings. The zero-order chi connectivity index (χ0) is 18.5. The van der Waals surface area contributed by atoms with Crippen molar-refractivity contribution in [1.29, 1.82) is 0 Å². The van der Waals surface area contributed by atoms with E-state index in [0.29, 0.717) is 29.8 Å². The van der Waals surface area contributed by atoms with Gasteiger partial charge in [0.25, 0.3) is 0 Å². The minimum absolute atomic E-state index is 0.0989. The number of anilines is 1. The molecule has 4 aromatic rings. The van der Waals surface area contributed by atoms with Crippen molar-refractivity contribution in [3.63, 3.8) is 0 Å². The summed E-state index contributed by atoms with van der Waals surface area (Å²) in [7, 11) is 0. The molecule has 0 unspecified atom stereocenters. The number of aromatic amines is 1. The third-order valence-electron chi connectivity index (χ3n) is 5.09. The minimum atomic E-state index is -0.317. The van der Waals surface area contributed by atoms with Gasteiger partial charge < -0.3 is 20.0 Å². The van der Waals surface area contributed by atoms with Gasteiger partial charge in [-0.15, -0.1) is 0 Å². The number of halogens is 1. The number of imidazole rings is 2. The average molecular weight is 367 g/mol. The Bertz CT molecular complexity index is 1130. The smallest absolute Gasteiger partial charge is 0.162 e. The molecule has 0 spiro atoms. The molecule has 3 heterocycles. The summed E-state index contributed by atoms with van der Waals surface area (Å²) in [4.78, 5) is 20.4. The van der Waals surface area contributed by atoms with Gasteiger partial charge in [-0.3, -0.25) is 0 Å². The van der Waals surface area contributed by atoms with Gasteiger partial charge in [0, 0.05) is 6.04 Å². The minimum Gasteiger partial charge on any atom is -0.393 e. The van der Waals surface area contributed by atoms with Crippen molar-refractivity contribution in [3.05, 3.63) is 42.5 Å². The van der Waals surface area contributed by atoms with Gasteiger partial charge in [-0.1, -0.05) is 0 Å². The molecule has 3 N–H and O–H groups in total. The molecule has 0 saturated heterocycles. The van der Waals surface area contributed by atoms with Crippen molar-refractivity contribution in [2.45, 2.75) is 38.0 Å². The first-order valence-corrected chi connectivity index (χ1v) is 8.86. The average Bonchev–Trinajstić information content (AvgIpc) is 3.24. The van der Waals surface area contributed by atoms with Crippen LogP contribution in [0.4, 0.5) is 10.2 Å². The van der Waals surface area contributed by atoms with Crippen LogP contribution in [0.25, 0.3) is 22.2 Å². The number of hydrogen-bond acceptors (Lipinski definition) is 6. The zero-order valence-corrected chi connectivity index (χ0v) is 14.6. The monoisotopic (exact) mass is 367 g/mol. The Morgan fingerprint density at radius 2 is 2.15 bits per heavy atom.